The molecule has 2 rings (SSSR count). The van der Waals surface area contributed by atoms with Gasteiger partial charge in [0.05, 0.1) is 4.92 Å². The van der Waals surface area contributed by atoms with Gasteiger partial charge in [0.25, 0.3) is 11.6 Å². The summed E-state index contributed by atoms with van der Waals surface area (Å²) >= 11 is 3.17. The number of carbonyl (C=O) groups is 1. The maximum atomic E-state index is 11.9. The Hall–Kier alpha value is -1.47. The smallest absolute Gasteiger partial charge is 0.271 e. The van der Waals surface area contributed by atoms with E-state index in [-0.39, 0.29) is 11.6 Å². The average molecular weight is 342 g/mol. The molecule has 1 aromatic carbocycles. The third-order valence-corrected chi connectivity index (χ3v) is 3.46. The van der Waals surface area contributed by atoms with E-state index < -0.39 is 4.92 Å². The van der Waals surface area contributed by atoms with Crippen LogP contribution in [0.2, 0.25) is 0 Å². The number of hydrogen-bond acceptors (Lipinski definition) is 4. The molecule has 0 aromatic heterocycles. The molecule has 0 bridgehead atoms. The average Bonchev–Trinajstić information content (AvgIpc) is 3.21. The summed E-state index contributed by atoms with van der Waals surface area (Å²) in [6.07, 6.45) is 3.33. The molecule has 0 heterocycles. The quantitative estimate of drug-likeness (QED) is 0.452. The molecule has 0 radical (unpaired) electrons. The molecule has 7 heteroatoms. The highest BCUT2D eigenvalue weighted by atomic mass is 79.9. The molecule has 6 nitrogen and oxygen atoms in total. The SMILES string of the molecule is O=C(NCCCNC1CC1)c1cc(Br)cc([N+](=O)[O-])c1. The van der Waals surface area contributed by atoms with Crippen molar-refractivity contribution in [2.75, 3.05) is 13.1 Å². The zero-order valence-corrected chi connectivity index (χ0v) is 12.5. The van der Waals surface area contributed by atoms with Crippen molar-refractivity contribution in [3.63, 3.8) is 0 Å². The molecule has 0 aliphatic heterocycles. The highest BCUT2D eigenvalue weighted by Crippen LogP contribution is 2.21. The third-order valence-electron chi connectivity index (χ3n) is 3.01. The van der Waals surface area contributed by atoms with Crippen LogP contribution in [-0.2, 0) is 0 Å². The van der Waals surface area contributed by atoms with E-state index in [1.807, 2.05) is 0 Å². The van der Waals surface area contributed by atoms with E-state index in [4.69, 9.17) is 0 Å². The van der Waals surface area contributed by atoms with Gasteiger partial charge < -0.3 is 10.6 Å². The summed E-state index contributed by atoms with van der Waals surface area (Å²) in [6.45, 7) is 1.43. The zero-order chi connectivity index (χ0) is 14.5. The molecule has 0 saturated heterocycles. The van der Waals surface area contributed by atoms with Crippen molar-refractivity contribution in [2.45, 2.75) is 25.3 Å². The lowest BCUT2D eigenvalue weighted by atomic mass is 10.2. The lowest BCUT2D eigenvalue weighted by Gasteiger charge is -2.06. The third kappa shape index (κ3) is 4.57. The Balaban J connectivity index is 1.82. The molecule has 1 aliphatic carbocycles. The number of nitrogens with zero attached hydrogens (tertiary/aromatic N) is 1. The van der Waals surface area contributed by atoms with E-state index >= 15 is 0 Å². The molecule has 2 N–H and O–H groups in total. The van der Waals surface area contributed by atoms with Crippen molar-refractivity contribution in [3.05, 3.63) is 38.3 Å². The molecule has 1 saturated carbocycles. The van der Waals surface area contributed by atoms with Crippen LogP contribution in [0.4, 0.5) is 5.69 Å². The summed E-state index contributed by atoms with van der Waals surface area (Å²) in [7, 11) is 0. The van der Waals surface area contributed by atoms with E-state index in [1.165, 1.54) is 25.0 Å². The summed E-state index contributed by atoms with van der Waals surface area (Å²) in [5, 5.41) is 16.9. The number of non-ortho nitro benzene ring substituents is 1. The van der Waals surface area contributed by atoms with Crippen LogP contribution >= 0.6 is 15.9 Å². The molecule has 1 amide bonds. The molecular formula is C13H16BrN3O3. The Labute approximate surface area is 125 Å². The van der Waals surface area contributed by atoms with Gasteiger partial charge in [0, 0.05) is 34.8 Å². The zero-order valence-electron chi connectivity index (χ0n) is 10.9. The van der Waals surface area contributed by atoms with Crippen LogP contribution in [0.25, 0.3) is 0 Å². The fraction of sp³-hybridized carbons (Fsp3) is 0.462. The summed E-state index contributed by atoms with van der Waals surface area (Å²) < 4.78 is 0.521. The maximum Gasteiger partial charge on any atom is 0.271 e. The van der Waals surface area contributed by atoms with Crippen molar-refractivity contribution in [2.24, 2.45) is 0 Å². The number of hydrogen-bond donors (Lipinski definition) is 2. The van der Waals surface area contributed by atoms with Gasteiger partial charge >= 0.3 is 0 Å². The summed E-state index contributed by atoms with van der Waals surface area (Å²) in [5.41, 5.74) is 0.196. The van der Waals surface area contributed by atoms with Crippen LogP contribution in [0.3, 0.4) is 0 Å². The highest BCUT2D eigenvalue weighted by Gasteiger charge is 2.19. The van der Waals surface area contributed by atoms with Crippen molar-refractivity contribution >= 4 is 27.5 Å². The van der Waals surface area contributed by atoms with E-state index in [1.54, 1.807) is 6.07 Å². The van der Waals surface area contributed by atoms with Gasteiger partial charge in [-0.2, -0.15) is 0 Å². The molecule has 1 fully saturated rings. The Bertz CT molecular complexity index is 518. The van der Waals surface area contributed by atoms with E-state index in [0.29, 0.717) is 22.6 Å². The van der Waals surface area contributed by atoms with Gasteiger partial charge in [-0.15, -0.1) is 0 Å². The van der Waals surface area contributed by atoms with Crippen LogP contribution in [0, 0.1) is 10.1 Å². The molecule has 0 atom stereocenters. The lowest BCUT2D eigenvalue weighted by molar-refractivity contribution is -0.385. The largest absolute Gasteiger partial charge is 0.352 e. The van der Waals surface area contributed by atoms with Crippen LogP contribution in [0.15, 0.2) is 22.7 Å². The Kier molecular flexibility index (Phi) is 5.08. The second-order valence-corrected chi connectivity index (χ2v) is 5.71. The summed E-state index contributed by atoms with van der Waals surface area (Å²) in [5.74, 6) is -0.291. The second-order valence-electron chi connectivity index (χ2n) is 4.79. The number of benzene rings is 1. The first kappa shape index (κ1) is 14.9. The van der Waals surface area contributed by atoms with Gasteiger partial charge in [-0.05, 0) is 31.9 Å². The van der Waals surface area contributed by atoms with Crippen LogP contribution in [0.1, 0.15) is 29.6 Å². The Morgan fingerprint density at radius 2 is 2.10 bits per heavy atom. The maximum absolute atomic E-state index is 11.9. The van der Waals surface area contributed by atoms with Crippen molar-refractivity contribution < 1.29 is 9.72 Å². The van der Waals surface area contributed by atoms with Crippen LogP contribution in [-0.4, -0.2) is 30.0 Å². The number of nitro groups is 1. The van der Waals surface area contributed by atoms with Gasteiger partial charge in [-0.3, -0.25) is 14.9 Å². The van der Waals surface area contributed by atoms with Crippen LogP contribution < -0.4 is 10.6 Å². The van der Waals surface area contributed by atoms with E-state index in [2.05, 4.69) is 26.6 Å². The van der Waals surface area contributed by atoms with E-state index in [9.17, 15) is 14.9 Å². The Morgan fingerprint density at radius 3 is 2.75 bits per heavy atom. The van der Waals surface area contributed by atoms with Crippen molar-refractivity contribution in [1.29, 1.82) is 0 Å². The van der Waals surface area contributed by atoms with Gasteiger partial charge in [-0.1, -0.05) is 15.9 Å². The fourth-order valence-electron chi connectivity index (χ4n) is 1.80. The lowest BCUT2D eigenvalue weighted by Crippen LogP contribution is -2.28. The fourth-order valence-corrected chi connectivity index (χ4v) is 2.28. The summed E-state index contributed by atoms with van der Waals surface area (Å²) in [4.78, 5) is 22.1. The molecule has 20 heavy (non-hydrogen) atoms. The predicted molar refractivity (Wildman–Crippen MR) is 78.8 cm³/mol. The molecule has 0 spiro atoms. The first-order chi connectivity index (χ1) is 9.56. The van der Waals surface area contributed by atoms with Crippen LogP contribution in [0.5, 0.6) is 0 Å². The minimum Gasteiger partial charge on any atom is -0.352 e. The minimum atomic E-state index is -0.513. The monoisotopic (exact) mass is 341 g/mol. The molecule has 1 aromatic rings. The standard InChI is InChI=1S/C13H16BrN3O3/c14-10-6-9(7-12(8-10)17(19)20)13(18)16-5-1-4-15-11-2-3-11/h6-8,11,15H,1-5H2,(H,16,18). The molecule has 108 valence electrons. The van der Waals surface area contributed by atoms with Gasteiger partial charge in [0.15, 0.2) is 0 Å². The highest BCUT2D eigenvalue weighted by molar-refractivity contribution is 9.10. The molecule has 1 aliphatic rings. The van der Waals surface area contributed by atoms with Gasteiger partial charge in [-0.25, -0.2) is 0 Å². The van der Waals surface area contributed by atoms with Crippen molar-refractivity contribution in [3.8, 4) is 0 Å². The minimum absolute atomic E-state index is 0.0973. The predicted octanol–water partition coefficient (Wildman–Crippen LogP) is 2.23. The number of amides is 1. The van der Waals surface area contributed by atoms with Gasteiger partial charge in [0.1, 0.15) is 0 Å². The van der Waals surface area contributed by atoms with Crippen molar-refractivity contribution in [1.82, 2.24) is 10.6 Å². The first-order valence-corrected chi connectivity index (χ1v) is 7.32. The number of rotatable bonds is 7. The first-order valence-electron chi connectivity index (χ1n) is 6.53. The number of halogens is 1. The molecular weight excluding hydrogens is 326 g/mol. The summed E-state index contributed by atoms with van der Waals surface area (Å²) in [6, 6.07) is 4.89. The molecule has 0 unspecified atom stereocenters. The second kappa shape index (κ2) is 6.81. The normalized spacial score (nSPS) is 14.1. The van der Waals surface area contributed by atoms with Gasteiger partial charge in [0.2, 0.25) is 0 Å². The topological polar surface area (TPSA) is 84.3 Å². The number of nitrogens with one attached hydrogen (secondary N) is 2. The Morgan fingerprint density at radius 1 is 1.35 bits per heavy atom. The van der Waals surface area contributed by atoms with E-state index in [0.717, 1.165) is 13.0 Å². The number of nitro benzene ring substituents is 1. The number of carbonyl (C=O) groups excluding carboxylic acids is 1.